The van der Waals surface area contributed by atoms with Crippen molar-refractivity contribution in [3.63, 3.8) is 0 Å². The maximum Gasteiger partial charge on any atom is 0.259 e. The molecule has 1 atom stereocenters. The van der Waals surface area contributed by atoms with Crippen LogP contribution in [-0.4, -0.2) is 37.5 Å². The molecule has 1 aromatic heterocycles. The molecule has 3 aromatic rings. The minimum absolute atomic E-state index is 0.196. The van der Waals surface area contributed by atoms with Crippen LogP contribution in [0.15, 0.2) is 53.9 Å². The molecule has 2 aromatic carbocycles. The van der Waals surface area contributed by atoms with Crippen LogP contribution in [0.3, 0.4) is 0 Å². The number of halogens is 1. The number of hydrogen-bond donors (Lipinski definition) is 1. The number of nitrogens with one attached hydrogen (secondary N) is 1. The Morgan fingerprint density at radius 2 is 2.00 bits per heavy atom. The lowest BCUT2D eigenvalue weighted by Crippen LogP contribution is -2.38. The molecule has 6 nitrogen and oxygen atoms in total. The van der Waals surface area contributed by atoms with Gasteiger partial charge in [0.1, 0.15) is 12.4 Å². The van der Waals surface area contributed by atoms with Crippen LogP contribution < -0.4 is 14.8 Å². The van der Waals surface area contributed by atoms with Crippen molar-refractivity contribution in [2.75, 3.05) is 26.1 Å². The summed E-state index contributed by atoms with van der Waals surface area (Å²) in [5.41, 5.74) is 1.25. The first-order chi connectivity index (χ1) is 14.5. The lowest BCUT2D eigenvalue weighted by molar-refractivity contribution is -0.117. The van der Waals surface area contributed by atoms with Crippen LogP contribution in [0.4, 0.5) is 10.1 Å². The topological polar surface area (TPSA) is 67.9 Å². The molecule has 1 unspecified atom stereocenters. The highest BCUT2D eigenvalue weighted by Crippen LogP contribution is 2.40. The zero-order valence-electron chi connectivity index (χ0n) is 16.3. The number of nitrogens with zero attached hydrogens (tertiary/aromatic N) is 1. The van der Waals surface area contributed by atoms with Gasteiger partial charge in [0.05, 0.1) is 25.8 Å². The molecule has 2 amide bonds. The van der Waals surface area contributed by atoms with E-state index in [1.165, 1.54) is 48.7 Å². The normalized spacial score (nSPS) is 15.8. The average molecular weight is 426 g/mol. The number of rotatable bonds is 4. The zero-order valence-corrected chi connectivity index (χ0v) is 17.2. The third-order valence-corrected chi connectivity index (χ3v) is 5.84. The van der Waals surface area contributed by atoms with E-state index in [1.807, 2.05) is 17.5 Å². The number of benzene rings is 2. The molecule has 0 spiro atoms. The van der Waals surface area contributed by atoms with Gasteiger partial charge in [-0.05, 0) is 41.8 Å². The molecule has 1 N–H and O–H groups in total. The monoisotopic (exact) mass is 426 g/mol. The Kier molecular flexibility index (Phi) is 5.41. The maximum absolute atomic E-state index is 14.2. The molecular formula is C22H19FN2O4S. The highest BCUT2D eigenvalue weighted by molar-refractivity contribution is 7.10. The number of thiophene rings is 1. The van der Waals surface area contributed by atoms with Crippen LogP contribution >= 0.6 is 11.3 Å². The van der Waals surface area contributed by atoms with Gasteiger partial charge in [-0.15, -0.1) is 11.3 Å². The molecule has 4 rings (SSSR count). The largest absolute Gasteiger partial charge is 0.493 e. The van der Waals surface area contributed by atoms with E-state index in [2.05, 4.69) is 5.32 Å². The quantitative estimate of drug-likeness (QED) is 0.682. The summed E-state index contributed by atoms with van der Waals surface area (Å²) >= 11 is 1.43. The van der Waals surface area contributed by atoms with Crippen LogP contribution in [-0.2, 0) is 4.79 Å². The van der Waals surface area contributed by atoms with E-state index in [1.54, 1.807) is 18.2 Å². The standard InChI is InChI=1S/C22H19FN2O4S/c1-28-17-6-3-5-14(21(17)29-2)22(27)25-12-19(26)24-16-9-8-13(23)11-15(16)20(25)18-7-4-10-30-18/h3-11,20H,12H2,1-2H3,(H,24,26). The summed E-state index contributed by atoms with van der Waals surface area (Å²) in [4.78, 5) is 28.5. The summed E-state index contributed by atoms with van der Waals surface area (Å²) in [6, 6.07) is 12.2. The van der Waals surface area contributed by atoms with Crippen molar-refractivity contribution in [1.82, 2.24) is 4.90 Å². The van der Waals surface area contributed by atoms with Gasteiger partial charge >= 0.3 is 0 Å². The average Bonchev–Trinajstić information content (AvgIpc) is 3.23. The second kappa shape index (κ2) is 8.16. The van der Waals surface area contributed by atoms with Gasteiger partial charge in [0, 0.05) is 16.1 Å². The fourth-order valence-electron chi connectivity index (χ4n) is 3.63. The second-order valence-corrected chi connectivity index (χ2v) is 7.65. The molecule has 0 bridgehead atoms. The fourth-order valence-corrected chi connectivity index (χ4v) is 4.48. The van der Waals surface area contributed by atoms with E-state index in [-0.39, 0.29) is 23.8 Å². The predicted molar refractivity (Wildman–Crippen MR) is 112 cm³/mol. The Morgan fingerprint density at radius 3 is 2.70 bits per heavy atom. The highest BCUT2D eigenvalue weighted by atomic mass is 32.1. The van der Waals surface area contributed by atoms with Crippen molar-refractivity contribution in [2.45, 2.75) is 6.04 Å². The van der Waals surface area contributed by atoms with E-state index in [0.717, 1.165) is 4.88 Å². The summed E-state index contributed by atoms with van der Waals surface area (Å²) in [5.74, 6) is -0.549. The Balaban J connectivity index is 1.89. The first-order valence-corrected chi connectivity index (χ1v) is 10.1. The summed E-state index contributed by atoms with van der Waals surface area (Å²) < 4.78 is 24.9. The molecule has 1 aliphatic heterocycles. The Labute approximate surface area is 176 Å². The van der Waals surface area contributed by atoms with Crippen molar-refractivity contribution in [1.29, 1.82) is 0 Å². The Morgan fingerprint density at radius 1 is 1.17 bits per heavy atom. The number of methoxy groups -OCH3 is 2. The van der Waals surface area contributed by atoms with Gasteiger partial charge < -0.3 is 19.7 Å². The van der Waals surface area contributed by atoms with Gasteiger partial charge in [0.2, 0.25) is 5.91 Å². The minimum atomic E-state index is -0.641. The molecule has 154 valence electrons. The first-order valence-electron chi connectivity index (χ1n) is 9.18. The van der Waals surface area contributed by atoms with Crippen LogP contribution in [0.1, 0.15) is 26.8 Å². The van der Waals surface area contributed by atoms with Gasteiger partial charge in [-0.2, -0.15) is 0 Å². The second-order valence-electron chi connectivity index (χ2n) is 6.67. The Hall–Kier alpha value is -3.39. The van der Waals surface area contributed by atoms with Crippen LogP contribution in [0.5, 0.6) is 11.5 Å². The van der Waals surface area contributed by atoms with Gasteiger partial charge in [0.25, 0.3) is 5.91 Å². The lowest BCUT2D eigenvalue weighted by atomic mass is 10.0. The van der Waals surface area contributed by atoms with Crippen molar-refractivity contribution in [2.24, 2.45) is 0 Å². The smallest absolute Gasteiger partial charge is 0.259 e. The lowest BCUT2D eigenvalue weighted by Gasteiger charge is -2.30. The van der Waals surface area contributed by atoms with E-state index < -0.39 is 17.8 Å². The molecule has 0 saturated carbocycles. The maximum atomic E-state index is 14.2. The number of para-hydroxylation sites is 1. The van der Waals surface area contributed by atoms with Crippen LogP contribution in [0, 0.1) is 5.82 Å². The van der Waals surface area contributed by atoms with Crippen molar-refractivity contribution in [3.8, 4) is 11.5 Å². The number of hydrogen-bond acceptors (Lipinski definition) is 5. The predicted octanol–water partition coefficient (Wildman–Crippen LogP) is 4.09. The molecule has 0 saturated heterocycles. The summed E-state index contributed by atoms with van der Waals surface area (Å²) in [5, 5.41) is 4.66. The molecule has 8 heteroatoms. The Bertz CT molecular complexity index is 1100. The third-order valence-electron chi connectivity index (χ3n) is 4.91. The van der Waals surface area contributed by atoms with Crippen molar-refractivity contribution in [3.05, 3.63) is 75.7 Å². The third kappa shape index (κ3) is 3.50. The van der Waals surface area contributed by atoms with E-state index in [0.29, 0.717) is 17.0 Å². The van der Waals surface area contributed by atoms with Gasteiger partial charge in [-0.1, -0.05) is 12.1 Å². The van der Waals surface area contributed by atoms with E-state index >= 15 is 0 Å². The molecule has 1 aliphatic rings. The van der Waals surface area contributed by atoms with Gasteiger partial charge in [-0.3, -0.25) is 9.59 Å². The number of carbonyl (C=O) groups excluding carboxylic acids is 2. The minimum Gasteiger partial charge on any atom is -0.493 e. The molecule has 0 fully saturated rings. The first kappa shape index (κ1) is 19.9. The van der Waals surface area contributed by atoms with Gasteiger partial charge in [-0.25, -0.2) is 4.39 Å². The summed E-state index contributed by atoms with van der Waals surface area (Å²) in [6.45, 7) is -0.196. The molecule has 0 radical (unpaired) electrons. The van der Waals surface area contributed by atoms with Gasteiger partial charge in [0.15, 0.2) is 11.5 Å². The van der Waals surface area contributed by atoms with E-state index in [9.17, 15) is 14.0 Å². The van der Waals surface area contributed by atoms with Crippen molar-refractivity contribution < 1.29 is 23.5 Å². The summed E-state index contributed by atoms with van der Waals surface area (Å²) in [6.07, 6.45) is 0. The molecule has 0 aliphatic carbocycles. The molecule has 30 heavy (non-hydrogen) atoms. The zero-order chi connectivity index (χ0) is 21.3. The van der Waals surface area contributed by atoms with Crippen LogP contribution in [0.25, 0.3) is 0 Å². The fraction of sp³-hybridized carbons (Fsp3) is 0.182. The van der Waals surface area contributed by atoms with Crippen molar-refractivity contribution >= 4 is 28.8 Å². The van der Waals surface area contributed by atoms with E-state index in [4.69, 9.17) is 9.47 Å². The number of carbonyl (C=O) groups is 2. The number of amides is 2. The molecule has 2 heterocycles. The SMILES string of the molecule is COc1cccc(C(=O)N2CC(=O)Nc3ccc(F)cc3C2c2cccs2)c1OC. The number of fused-ring (bicyclic) bond motifs is 1. The molecular weight excluding hydrogens is 407 g/mol. The number of anilines is 1. The van der Waals surface area contributed by atoms with Crippen LogP contribution in [0.2, 0.25) is 0 Å². The number of ether oxygens (including phenoxy) is 2. The highest BCUT2D eigenvalue weighted by Gasteiger charge is 2.36. The summed E-state index contributed by atoms with van der Waals surface area (Å²) in [7, 11) is 2.93.